The second-order valence-corrected chi connectivity index (χ2v) is 5.54. The molecule has 0 atom stereocenters. The highest BCUT2D eigenvalue weighted by Gasteiger charge is 2.06. The van der Waals surface area contributed by atoms with E-state index in [0.717, 1.165) is 0 Å². The molecule has 0 spiro atoms. The van der Waals surface area contributed by atoms with Crippen molar-refractivity contribution in [1.29, 1.82) is 0 Å². The first-order chi connectivity index (χ1) is 9.42. The van der Waals surface area contributed by atoms with Crippen LogP contribution in [-0.2, 0) is 0 Å². The number of hydrogen-bond donors (Lipinski definition) is 0. The van der Waals surface area contributed by atoms with Gasteiger partial charge in [0.1, 0.15) is 0 Å². The summed E-state index contributed by atoms with van der Waals surface area (Å²) in [6.45, 7) is 0. The van der Waals surface area contributed by atoms with Crippen LogP contribution in [0.5, 0.6) is 0 Å². The summed E-state index contributed by atoms with van der Waals surface area (Å²) < 4.78 is 2.61. The lowest BCUT2D eigenvalue weighted by Crippen LogP contribution is -1.77. The van der Waals surface area contributed by atoms with E-state index in [1.54, 1.807) is 0 Å². The maximum Gasteiger partial charge on any atom is 0.0361 e. The van der Waals surface area contributed by atoms with Gasteiger partial charge in [-0.2, -0.15) is 0 Å². The maximum absolute atomic E-state index is 4.07. The number of nitrogens with zero attached hydrogens (tertiary/aromatic N) is 1. The third kappa shape index (κ3) is 1.72. The maximum atomic E-state index is 4.07. The molecule has 4 aromatic rings. The van der Waals surface area contributed by atoms with E-state index in [2.05, 4.69) is 35.3 Å². The van der Waals surface area contributed by atoms with Crippen LogP contribution in [0.3, 0.4) is 0 Å². The Hall–Kier alpha value is -2.19. The molecular weight excluding hydrogens is 250 g/mol. The molecule has 0 aliphatic carbocycles. The van der Waals surface area contributed by atoms with Crippen LogP contribution in [0.15, 0.2) is 60.9 Å². The van der Waals surface area contributed by atoms with Gasteiger partial charge >= 0.3 is 0 Å². The van der Waals surface area contributed by atoms with Gasteiger partial charge in [-0.15, -0.1) is 11.3 Å². The molecular formula is C17H10NS. The number of aromatic nitrogens is 1. The van der Waals surface area contributed by atoms with E-state index in [4.69, 9.17) is 0 Å². The highest BCUT2D eigenvalue weighted by Crippen LogP contribution is 2.35. The quantitative estimate of drug-likeness (QED) is 0.473. The first kappa shape index (κ1) is 10.7. The molecule has 0 aliphatic heterocycles. The first-order valence-electron chi connectivity index (χ1n) is 6.15. The topological polar surface area (TPSA) is 12.9 Å². The zero-order chi connectivity index (χ0) is 12.7. The molecule has 0 fully saturated rings. The van der Waals surface area contributed by atoms with Gasteiger partial charge in [0, 0.05) is 32.6 Å². The molecule has 0 saturated carbocycles. The fourth-order valence-electron chi connectivity index (χ4n) is 2.37. The zero-order valence-electron chi connectivity index (χ0n) is 10.1. The molecule has 2 heteroatoms. The molecule has 0 aliphatic rings. The first-order valence-corrected chi connectivity index (χ1v) is 6.97. The van der Waals surface area contributed by atoms with Gasteiger partial charge in [-0.05, 0) is 41.5 Å². The average Bonchev–Trinajstić information content (AvgIpc) is 2.86. The minimum atomic E-state index is 1.21. The van der Waals surface area contributed by atoms with Crippen LogP contribution in [0, 0.1) is 6.07 Å². The number of thiophene rings is 1. The number of fused-ring (bicyclic) bond motifs is 3. The Labute approximate surface area is 115 Å². The molecule has 4 rings (SSSR count). The molecule has 0 saturated heterocycles. The molecule has 0 amide bonds. The summed E-state index contributed by atoms with van der Waals surface area (Å²) in [7, 11) is 0. The molecule has 89 valence electrons. The normalized spacial score (nSPS) is 11.2. The van der Waals surface area contributed by atoms with Gasteiger partial charge in [-0.3, -0.25) is 4.98 Å². The lowest BCUT2D eigenvalue weighted by Gasteiger charge is -2.00. The van der Waals surface area contributed by atoms with E-state index in [1.807, 2.05) is 48.0 Å². The summed E-state index contributed by atoms with van der Waals surface area (Å²) in [5, 5.41) is 2.52. The largest absolute Gasteiger partial charge is 0.265 e. The van der Waals surface area contributed by atoms with Crippen molar-refractivity contribution in [2.45, 2.75) is 0 Å². The second-order valence-electron chi connectivity index (χ2n) is 4.46. The van der Waals surface area contributed by atoms with Crippen molar-refractivity contribution < 1.29 is 0 Å². The van der Waals surface area contributed by atoms with Crippen molar-refractivity contribution >= 4 is 31.5 Å². The molecule has 19 heavy (non-hydrogen) atoms. The van der Waals surface area contributed by atoms with Gasteiger partial charge < -0.3 is 0 Å². The SMILES string of the molecule is [c]1cccc2sc3cc(-c4ccncc4)ccc3c12. The highest BCUT2D eigenvalue weighted by atomic mass is 32.1. The Morgan fingerprint density at radius 1 is 0.895 bits per heavy atom. The van der Waals surface area contributed by atoms with Crippen LogP contribution in [0.4, 0.5) is 0 Å². The van der Waals surface area contributed by atoms with E-state index >= 15 is 0 Å². The van der Waals surface area contributed by atoms with Crippen LogP contribution in [0.25, 0.3) is 31.3 Å². The predicted octanol–water partition coefficient (Wildman–Crippen LogP) is 4.92. The Bertz CT molecular complexity index is 862. The second kappa shape index (κ2) is 4.18. The average molecular weight is 260 g/mol. The van der Waals surface area contributed by atoms with Gasteiger partial charge in [0.2, 0.25) is 0 Å². The zero-order valence-corrected chi connectivity index (χ0v) is 10.9. The monoisotopic (exact) mass is 260 g/mol. The van der Waals surface area contributed by atoms with Gasteiger partial charge in [0.25, 0.3) is 0 Å². The van der Waals surface area contributed by atoms with Crippen LogP contribution >= 0.6 is 11.3 Å². The van der Waals surface area contributed by atoms with E-state index < -0.39 is 0 Å². The number of hydrogen-bond acceptors (Lipinski definition) is 2. The fourth-order valence-corrected chi connectivity index (χ4v) is 3.49. The van der Waals surface area contributed by atoms with Crippen molar-refractivity contribution in [3.05, 3.63) is 67.0 Å². The van der Waals surface area contributed by atoms with E-state index in [0.29, 0.717) is 0 Å². The van der Waals surface area contributed by atoms with Crippen LogP contribution in [0.2, 0.25) is 0 Å². The summed E-state index contributed by atoms with van der Waals surface area (Å²) in [5.74, 6) is 0. The predicted molar refractivity (Wildman–Crippen MR) is 81.4 cm³/mol. The molecule has 1 nitrogen and oxygen atoms in total. The van der Waals surface area contributed by atoms with Gasteiger partial charge in [-0.1, -0.05) is 24.3 Å². The lowest BCUT2D eigenvalue weighted by molar-refractivity contribution is 1.33. The van der Waals surface area contributed by atoms with Crippen molar-refractivity contribution in [3.63, 3.8) is 0 Å². The minimum absolute atomic E-state index is 1.21. The summed E-state index contributed by atoms with van der Waals surface area (Å²) in [5.41, 5.74) is 2.44. The van der Waals surface area contributed by atoms with Crippen molar-refractivity contribution in [2.75, 3.05) is 0 Å². The third-order valence-electron chi connectivity index (χ3n) is 3.30. The third-order valence-corrected chi connectivity index (χ3v) is 4.42. The van der Waals surface area contributed by atoms with Gasteiger partial charge in [0.05, 0.1) is 0 Å². The van der Waals surface area contributed by atoms with Gasteiger partial charge in [-0.25, -0.2) is 0 Å². The molecule has 2 aromatic heterocycles. The lowest BCUT2D eigenvalue weighted by atomic mass is 10.0. The molecule has 0 N–H and O–H groups in total. The Morgan fingerprint density at radius 3 is 2.68 bits per heavy atom. The smallest absolute Gasteiger partial charge is 0.0361 e. The molecule has 2 aromatic carbocycles. The van der Waals surface area contributed by atoms with Crippen molar-refractivity contribution in [1.82, 2.24) is 4.98 Å². The summed E-state index contributed by atoms with van der Waals surface area (Å²) in [6, 6.07) is 20.2. The molecule has 0 bridgehead atoms. The number of benzene rings is 2. The van der Waals surface area contributed by atoms with Gasteiger partial charge in [0.15, 0.2) is 0 Å². The standard InChI is InChI=1S/C17H10NS/c1-2-4-16-14(3-1)15-6-5-13(11-17(15)19-16)12-7-9-18-10-8-12/h1-2,4-11H. The molecule has 0 unspecified atom stereocenters. The van der Waals surface area contributed by atoms with Crippen LogP contribution in [0.1, 0.15) is 0 Å². The highest BCUT2D eigenvalue weighted by molar-refractivity contribution is 7.25. The number of rotatable bonds is 1. The summed E-state index contributed by atoms with van der Waals surface area (Å²) >= 11 is 1.82. The molecule has 1 radical (unpaired) electrons. The number of pyridine rings is 1. The molecule has 2 heterocycles. The van der Waals surface area contributed by atoms with Crippen LogP contribution < -0.4 is 0 Å². The van der Waals surface area contributed by atoms with Crippen LogP contribution in [-0.4, -0.2) is 4.98 Å². The van der Waals surface area contributed by atoms with E-state index in [1.165, 1.54) is 31.3 Å². The van der Waals surface area contributed by atoms with E-state index in [9.17, 15) is 0 Å². The van der Waals surface area contributed by atoms with Crippen molar-refractivity contribution in [3.8, 4) is 11.1 Å². The Balaban J connectivity index is 1.99. The summed E-state index contributed by atoms with van der Waals surface area (Å²) in [6.07, 6.45) is 3.66. The van der Waals surface area contributed by atoms with E-state index in [-0.39, 0.29) is 0 Å². The fraction of sp³-hybridized carbons (Fsp3) is 0. The van der Waals surface area contributed by atoms with Crippen molar-refractivity contribution in [2.24, 2.45) is 0 Å². The minimum Gasteiger partial charge on any atom is -0.265 e. The Kier molecular flexibility index (Phi) is 2.35. The summed E-state index contributed by atoms with van der Waals surface area (Å²) in [4.78, 5) is 4.07. The Morgan fingerprint density at radius 2 is 1.79 bits per heavy atom.